The third-order valence-corrected chi connectivity index (χ3v) is 4.36. The van der Waals surface area contributed by atoms with Gasteiger partial charge in [0.25, 0.3) is 5.91 Å². The Morgan fingerprint density at radius 2 is 1.96 bits per heavy atom. The van der Waals surface area contributed by atoms with Crippen LogP contribution in [0.2, 0.25) is 0 Å². The number of nitrogens with one attached hydrogen (secondary N) is 1. The number of halogens is 3. The van der Waals surface area contributed by atoms with Crippen LogP contribution in [0.5, 0.6) is 0 Å². The lowest BCUT2D eigenvalue weighted by molar-refractivity contribution is -0.137. The highest BCUT2D eigenvalue weighted by atomic mass is 19.4. The number of hydrogen-bond acceptors (Lipinski definition) is 2. The van der Waals surface area contributed by atoms with E-state index >= 15 is 0 Å². The number of benzene rings is 1. The van der Waals surface area contributed by atoms with Crippen molar-refractivity contribution in [3.05, 3.63) is 41.0 Å². The van der Waals surface area contributed by atoms with Gasteiger partial charge in [-0.2, -0.15) is 18.4 Å². The third-order valence-electron chi connectivity index (χ3n) is 4.36. The molecule has 0 aliphatic heterocycles. The van der Waals surface area contributed by atoms with E-state index in [4.69, 9.17) is 0 Å². The quantitative estimate of drug-likeness (QED) is 0.661. The van der Waals surface area contributed by atoms with Gasteiger partial charge in [0, 0.05) is 6.04 Å². The molecule has 128 valence electrons. The second-order valence-electron chi connectivity index (χ2n) is 6.10. The molecule has 6 heteroatoms. The summed E-state index contributed by atoms with van der Waals surface area (Å²) in [5.74, 6) is -0.321. The molecule has 1 fully saturated rings. The largest absolute Gasteiger partial charge is 0.416 e. The molecule has 1 amide bonds. The van der Waals surface area contributed by atoms with Gasteiger partial charge in [-0.25, -0.2) is 0 Å². The molecule has 1 aliphatic rings. The standard InChI is InChI=1S/C18H19F3N2O/c1-12-6-2-5-9-16(12)23-17(24)14(11-22)10-13-7-3-4-8-15(13)18(19,20)21/h3-4,7-8,10,12,16H,2,5-6,9H2,1H3,(H,23,24)/b14-10+/t12-,16-/m1/s1. The van der Waals surface area contributed by atoms with Crippen molar-refractivity contribution in [3.63, 3.8) is 0 Å². The van der Waals surface area contributed by atoms with Crippen LogP contribution in [0.3, 0.4) is 0 Å². The molecule has 0 saturated heterocycles. The number of rotatable bonds is 3. The van der Waals surface area contributed by atoms with E-state index in [1.807, 2.05) is 6.92 Å². The van der Waals surface area contributed by atoms with Gasteiger partial charge >= 0.3 is 6.18 Å². The molecule has 0 spiro atoms. The second-order valence-corrected chi connectivity index (χ2v) is 6.10. The van der Waals surface area contributed by atoms with Crippen molar-refractivity contribution in [2.24, 2.45) is 5.92 Å². The molecular formula is C18H19F3N2O. The van der Waals surface area contributed by atoms with Crippen LogP contribution in [0.4, 0.5) is 13.2 Å². The summed E-state index contributed by atoms with van der Waals surface area (Å²) in [7, 11) is 0. The van der Waals surface area contributed by atoms with Crippen LogP contribution in [0.15, 0.2) is 29.8 Å². The Labute approximate surface area is 139 Å². The Morgan fingerprint density at radius 3 is 2.58 bits per heavy atom. The summed E-state index contributed by atoms with van der Waals surface area (Å²) in [6.07, 6.45) is 0.386. The maximum Gasteiger partial charge on any atom is 0.416 e. The molecule has 0 unspecified atom stereocenters. The zero-order valence-corrected chi connectivity index (χ0v) is 13.4. The fraction of sp³-hybridized carbons (Fsp3) is 0.444. The Hall–Kier alpha value is -2.29. The maximum atomic E-state index is 13.0. The van der Waals surface area contributed by atoms with E-state index in [1.165, 1.54) is 18.2 Å². The highest BCUT2D eigenvalue weighted by Crippen LogP contribution is 2.33. The van der Waals surface area contributed by atoms with Crippen molar-refractivity contribution in [1.29, 1.82) is 5.26 Å². The highest BCUT2D eigenvalue weighted by molar-refractivity contribution is 6.02. The van der Waals surface area contributed by atoms with Gasteiger partial charge in [-0.05, 0) is 36.5 Å². The SMILES string of the molecule is C[C@@H]1CCCC[C@H]1NC(=O)/C(C#N)=C/c1ccccc1C(F)(F)F. The number of hydrogen-bond donors (Lipinski definition) is 1. The predicted octanol–water partition coefficient (Wildman–Crippen LogP) is 4.31. The van der Waals surface area contributed by atoms with Gasteiger partial charge in [0.2, 0.25) is 0 Å². The van der Waals surface area contributed by atoms with Crippen LogP contribution in [-0.4, -0.2) is 11.9 Å². The number of carbonyl (C=O) groups is 1. The number of nitrogens with zero attached hydrogens (tertiary/aromatic N) is 1. The van der Waals surface area contributed by atoms with E-state index in [1.54, 1.807) is 6.07 Å². The van der Waals surface area contributed by atoms with Crippen LogP contribution in [0.1, 0.15) is 43.7 Å². The molecule has 0 heterocycles. The second kappa shape index (κ2) is 7.52. The van der Waals surface area contributed by atoms with Gasteiger partial charge in [0.1, 0.15) is 11.6 Å². The van der Waals surface area contributed by atoms with E-state index in [2.05, 4.69) is 5.32 Å². The lowest BCUT2D eigenvalue weighted by Gasteiger charge is -2.29. The lowest BCUT2D eigenvalue weighted by Crippen LogP contribution is -2.41. The van der Waals surface area contributed by atoms with E-state index < -0.39 is 17.6 Å². The van der Waals surface area contributed by atoms with Crippen LogP contribution in [0.25, 0.3) is 6.08 Å². The first-order valence-electron chi connectivity index (χ1n) is 7.92. The fourth-order valence-electron chi connectivity index (χ4n) is 2.96. The predicted molar refractivity (Wildman–Crippen MR) is 84.6 cm³/mol. The van der Waals surface area contributed by atoms with E-state index in [9.17, 15) is 23.2 Å². The summed E-state index contributed by atoms with van der Waals surface area (Å²) in [6.45, 7) is 2.03. The summed E-state index contributed by atoms with van der Waals surface area (Å²) >= 11 is 0. The van der Waals surface area contributed by atoms with Gasteiger partial charge in [-0.1, -0.05) is 38.0 Å². The maximum absolute atomic E-state index is 13.0. The minimum atomic E-state index is -4.54. The summed E-state index contributed by atoms with van der Waals surface area (Å²) in [4.78, 5) is 12.3. The van der Waals surface area contributed by atoms with Gasteiger partial charge in [0.15, 0.2) is 0 Å². The Bertz CT molecular complexity index is 674. The Morgan fingerprint density at radius 1 is 1.29 bits per heavy atom. The van der Waals surface area contributed by atoms with Gasteiger partial charge in [-0.15, -0.1) is 0 Å². The smallest absolute Gasteiger partial charge is 0.348 e. The normalized spacial score (nSPS) is 21.9. The molecule has 2 atom stereocenters. The monoisotopic (exact) mass is 336 g/mol. The zero-order chi connectivity index (χ0) is 17.7. The van der Waals surface area contributed by atoms with Crippen LogP contribution < -0.4 is 5.32 Å². The molecule has 24 heavy (non-hydrogen) atoms. The molecule has 1 N–H and O–H groups in total. The summed E-state index contributed by atoms with van der Waals surface area (Å²) in [5.41, 5.74) is -1.37. The lowest BCUT2D eigenvalue weighted by atomic mass is 9.86. The van der Waals surface area contributed by atoms with E-state index in [0.29, 0.717) is 5.92 Å². The number of amides is 1. The molecule has 1 aliphatic carbocycles. The van der Waals surface area contributed by atoms with E-state index in [-0.39, 0.29) is 17.2 Å². The molecule has 1 aromatic carbocycles. The van der Waals surface area contributed by atoms with Crippen molar-refractivity contribution in [1.82, 2.24) is 5.32 Å². The van der Waals surface area contributed by atoms with Gasteiger partial charge in [0.05, 0.1) is 5.56 Å². The molecule has 0 aromatic heterocycles. The average molecular weight is 336 g/mol. The number of nitriles is 1. The summed E-state index contributed by atoms with van der Waals surface area (Å²) in [5, 5.41) is 12.0. The highest BCUT2D eigenvalue weighted by Gasteiger charge is 2.33. The first kappa shape index (κ1) is 18.1. The molecule has 0 radical (unpaired) electrons. The van der Waals surface area contributed by atoms with Gasteiger partial charge in [-0.3, -0.25) is 4.79 Å². The zero-order valence-electron chi connectivity index (χ0n) is 13.4. The first-order chi connectivity index (χ1) is 11.3. The van der Waals surface area contributed by atoms with Crippen molar-refractivity contribution in [3.8, 4) is 6.07 Å². The van der Waals surface area contributed by atoms with Gasteiger partial charge < -0.3 is 5.32 Å². The Kier molecular flexibility index (Phi) is 5.66. The third kappa shape index (κ3) is 4.38. The molecule has 3 nitrogen and oxygen atoms in total. The number of carbonyl (C=O) groups excluding carboxylic acids is 1. The Balaban J connectivity index is 2.24. The molecular weight excluding hydrogens is 317 g/mol. The molecule has 1 saturated carbocycles. The molecule has 1 aromatic rings. The fourth-order valence-corrected chi connectivity index (χ4v) is 2.96. The van der Waals surface area contributed by atoms with Crippen LogP contribution >= 0.6 is 0 Å². The minimum Gasteiger partial charge on any atom is -0.348 e. The minimum absolute atomic E-state index is 0.0409. The molecule has 0 bridgehead atoms. The first-order valence-corrected chi connectivity index (χ1v) is 7.92. The van der Waals surface area contributed by atoms with Crippen LogP contribution in [-0.2, 0) is 11.0 Å². The van der Waals surface area contributed by atoms with Crippen molar-refractivity contribution < 1.29 is 18.0 Å². The van der Waals surface area contributed by atoms with E-state index in [0.717, 1.165) is 37.8 Å². The van der Waals surface area contributed by atoms with Crippen molar-refractivity contribution in [2.45, 2.75) is 44.8 Å². The topological polar surface area (TPSA) is 52.9 Å². The van der Waals surface area contributed by atoms with Crippen LogP contribution in [0, 0.1) is 17.2 Å². The summed E-state index contributed by atoms with van der Waals surface area (Å²) in [6, 6.07) is 6.57. The number of alkyl halides is 3. The summed E-state index contributed by atoms with van der Waals surface area (Å²) < 4.78 is 39.0. The average Bonchev–Trinajstić information content (AvgIpc) is 2.54. The molecule has 2 rings (SSSR count). The van der Waals surface area contributed by atoms with Crippen molar-refractivity contribution >= 4 is 12.0 Å². The van der Waals surface area contributed by atoms with Crippen molar-refractivity contribution in [2.75, 3.05) is 0 Å².